The maximum Gasteiger partial charge on any atom is 0.223 e. The van der Waals surface area contributed by atoms with Gasteiger partial charge in [-0.2, -0.15) is 0 Å². The second-order valence-corrected chi connectivity index (χ2v) is 2.95. The van der Waals surface area contributed by atoms with Gasteiger partial charge in [-0.05, 0) is 12.8 Å². The van der Waals surface area contributed by atoms with Crippen molar-refractivity contribution in [3.63, 3.8) is 0 Å². The average molecular weight is 174 g/mol. The van der Waals surface area contributed by atoms with Gasteiger partial charge in [-0.15, -0.1) is 11.6 Å². The SMILES string of the molecule is O=C(NC/C=C/CCl)C1CC1. The molecule has 0 unspecified atom stereocenters. The zero-order valence-corrected chi connectivity index (χ0v) is 7.10. The molecule has 0 aromatic rings. The number of carbonyl (C=O) groups excluding carboxylic acids is 1. The molecule has 0 heterocycles. The van der Waals surface area contributed by atoms with Gasteiger partial charge in [0.15, 0.2) is 0 Å². The second kappa shape index (κ2) is 4.39. The summed E-state index contributed by atoms with van der Waals surface area (Å²) in [6, 6.07) is 0. The summed E-state index contributed by atoms with van der Waals surface area (Å²) in [5, 5.41) is 2.80. The van der Waals surface area contributed by atoms with Gasteiger partial charge in [0.1, 0.15) is 0 Å². The van der Waals surface area contributed by atoms with Crippen LogP contribution in [0.2, 0.25) is 0 Å². The lowest BCUT2D eigenvalue weighted by Gasteiger charge is -1.97. The summed E-state index contributed by atoms with van der Waals surface area (Å²) in [7, 11) is 0. The van der Waals surface area contributed by atoms with E-state index in [4.69, 9.17) is 11.6 Å². The van der Waals surface area contributed by atoms with Crippen LogP contribution >= 0.6 is 11.6 Å². The van der Waals surface area contributed by atoms with Crippen molar-refractivity contribution >= 4 is 17.5 Å². The van der Waals surface area contributed by atoms with E-state index in [0.29, 0.717) is 18.3 Å². The van der Waals surface area contributed by atoms with E-state index in [1.54, 1.807) is 0 Å². The van der Waals surface area contributed by atoms with Crippen LogP contribution in [0.5, 0.6) is 0 Å². The molecule has 0 saturated heterocycles. The van der Waals surface area contributed by atoms with E-state index >= 15 is 0 Å². The normalized spacial score (nSPS) is 17.2. The highest BCUT2D eigenvalue weighted by Crippen LogP contribution is 2.28. The highest BCUT2D eigenvalue weighted by atomic mass is 35.5. The van der Waals surface area contributed by atoms with Crippen LogP contribution in [0.4, 0.5) is 0 Å². The third-order valence-corrected chi connectivity index (χ3v) is 1.78. The first kappa shape index (κ1) is 8.60. The molecule has 62 valence electrons. The van der Waals surface area contributed by atoms with E-state index in [1.807, 2.05) is 12.2 Å². The maximum atomic E-state index is 11.0. The lowest BCUT2D eigenvalue weighted by Crippen LogP contribution is -2.24. The van der Waals surface area contributed by atoms with Crippen LogP contribution in [0.3, 0.4) is 0 Å². The minimum absolute atomic E-state index is 0.184. The first-order chi connectivity index (χ1) is 5.34. The molecule has 0 spiro atoms. The molecule has 11 heavy (non-hydrogen) atoms. The maximum absolute atomic E-state index is 11.0. The van der Waals surface area contributed by atoms with Gasteiger partial charge in [0.05, 0.1) is 0 Å². The molecule has 1 aliphatic rings. The molecule has 3 heteroatoms. The summed E-state index contributed by atoms with van der Waals surface area (Å²) in [6.07, 6.45) is 5.82. The Morgan fingerprint density at radius 3 is 2.82 bits per heavy atom. The first-order valence-electron chi connectivity index (χ1n) is 3.83. The largest absolute Gasteiger partial charge is 0.352 e. The molecule has 0 atom stereocenters. The molecule has 0 aromatic carbocycles. The van der Waals surface area contributed by atoms with Crippen LogP contribution < -0.4 is 5.32 Å². The van der Waals surface area contributed by atoms with Crippen LogP contribution in [0.15, 0.2) is 12.2 Å². The highest BCUT2D eigenvalue weighted by Gasteiger charge is 2.28. The number of rotatable bonds is 4. The van der Waals surface area contributed by atoms with Crippen LogP contribution in [0.1, 0.15) is 12.8 Å². The Morgan fingerprint density at radius 1 is 1.55 bits per heavy atom. The molecule has 1 amide bonds. The van der Waals surface area contributed by atoms with Gasteiger partial charge in [0.2, 0.25) is 5.91 Å². The van der Waals surface area contributed by atoms with Crippen molar-refractivity contribution in [2.45, 2.75) is 12.8 Å². The number of nitrogens with one attached hydrogen (secondary N) is 1. The standard InChI is InChI=1S/C8H12ClNO/c9-5-1-2-6-10-8(11)7-3-4-7/h1-2,7H,3-6H2,(H,10,11)/b2-1+. The molecule has 0 radical (unpaired) electrons. The lowest BCUT2D eigenvalue weighted by molar-refractivity contribution is -0.122. The van der Waals surface area contributed by atoms with Gasteiger partial charge in [-0.1, -0.05) is 12.2 Å². The molecule has 0 aliphatic heterocycles. The van der Waals surface area contributed by atoms with Crippen molar-refractivity contribution in [2.75, 3.05) is 12.4 Å². The Bertz CT molecular complexity index is 163. The van der Waals surface area contributed by atoms with Crippen molar-refractivity contribution in [1.29, 1.82) is 0 Å². The van der Waals surface area contributed by atoms with Crippen molar-refractivity contribution < 1.29 is 4.79 Å². The average Bonchev–Trinajstić information content (AvgIpc) is 2.79. The highest BCUT2D eigenvalue weighted by molar-refractivity contribution is 6.18. The third-order valence-electron chi connectivity index (χ3n) is 1.60. The van der Waals surface area contributed by atoms with Gasteiger partial charge in [-0.25, -0.2) is 0 Å². The zero-order chi connectivity index (χ0) is 8.10. The Labute approximate surface area is 71.6 Å². The number of amides is 1. The van der Waals surface area contributed by atoms with Crippen molar-refractivity contribution in [3.8, 4) is 0 Å². The molecule has 0 aromatic heterocycles. The van der Waals surface area contributed by atoms with Crippen LogP contribution in [0, 0.1) is 5.92 Å². The topological polar surface area (TPSA) is 29.1 Å². The quantitative estimate of drug-likeness (QED) is 0.504. The molecule has 1 N–H and O–H groups in total. The second-order valence-electron chi connectivity index (χ2n) is 2.65. The molecule has 1 fully saturated rings. The van der Waals surface area contributed by atoms with E-state index in [-0.39, 0.29) is 5.91 Å². The summed E-state index contributed by atoms with van der Waals surface area (Å²) >= 11 is 5.39. The summed E-state index contributed by atoms with van der Waals surface area (Å²) in [4.78, 5) is 11.0. The molecule has 1 aliphatic carbocycles. The third kappa shape index (κ3) is 3.42. The number of carbonyl (C=O) groups is 1. The smallest absolute Gasteiger partial charge is 0.223 e. The fraction of sp³-hybridized carbons (Fsp3) is 0.625. The van der Waals surface area contributed by atoms with Gasteiger partial charge in [-0.3, -0.25) is 4.79 Å². The monoisotopic (exact) mass is 173 g/mol. The lowest BCUT2D eigenvalue weighted by atomic mass is 10.4. The Morgan fingerprint density at radius 2 is 2.27 bits per heavy atom. The summed E-state index contributed by atoms with van der Waals surface area (Å²) in [6.45, 7) is 0.613. The van der Waals surface area contributed by atoms with Gasteiger partial charge < -0.3 is 5.32 Å². The molecule has 1 saturated carbocycles. The number of halogens is 1. The van der Waals surface area contributed by atoms with E-state index < -0.39 is 0 Å². The van der Waals surface area contributed by atoms with Crippen molar-refractivity contribution in [3.05, 3.63) is 12.2 Å². The van der Waals surface area contributed by atoms with Gasteiger partial charge in [0, 0.05) is 18.3 Å². The predicted molar refractivity (Wildman–Crippen MR) is 45.6 cm³/mol. The minimum Gasteiger partial charge on any atom is -0.352 e. The van der Waals surface area contributed by atoms with E-state index in [2.05, 4.69) is 5.32 Å². The van der Waals surface area contributed by atoms with Crippen molar-refractivity contribution in [1.82, 2.24) is 5.32 Å². The molecule has 0 bridgehead atoms. The summed E-state index contributed by atoms with van der Waals surface area (Å²) < 4.78 is 0. The van der Waals surface area contributed by atoms with E-state index in [1.165, 1.54) is 0 Å². The van der Waals surface area contributed by atoms with Gasteiger partial charge >= 0.3 is 0 Å². The fourth-order valence-corrected chi connectivity index (χ4v) is 0.922. The number of alkyl halides is 1. The van der Waals surface area contributed by atoms with Crippen LogP contribution in [0.25, 0.3) is 0 Å². The summed E-state index contributed by atoms with van der Waals surface area (Å²) in [5.41, 5.74) is 0. The number of hydrogen-bond donors (Lipinski definition) is 1. The molecular formula is C8H12ClNO. The van der Waals surface area contributed by atoms with Crippen LogP contribution in [-0.2, 0) is 4.79 Å². The number of allylic oxidation sites excluding steroid dienone is 1. The minimum atomic E-state index is 0.184. The predicted octanol–water partition coefficient (Wildman–Crippen LogP) is 1.31. The van der Waals surface area contributed by atoms with E-state index in [0.717, 1.165) is 12.8 Å². The fourth-order valence-electron chi connectivity index (χ4n) is 0.796. The Hall–Kier alpha value is -0.500. The molecular weight excluding hydrogens is 162 g/mol. The number of hydrogen-bond acceptors (Lipinski definition) is 1. The Balaban J connectivity index is 2.01. The summed E-state index contributed by atoms with van der Waals surface area (Å²) in [5.74, 6) is 1.00. The van der Waals surface area contributed by atoms with Gasteiger partial charge in [0.25, 0.3) is 0 Å². The van der Waals surface area contributed by atoms with Crippen LogP contribution in [-0.4, -0.2) is 18.3 Å². The molecule has 2 nitrogen and oxygen atoms in total. The Kier molecular flexibility index (Phi) is 3.43. The van der Waals surface area contributed by atoms with Crippen molar-refractivity contribution in [2.24, 2.45) is 5.92 Å². The zero-order valence-electron chi connectivity index (χ0n) is 6.35. The van der Waals surface area contributed by atoms with E-state index in [9.17, 15) is 4.79 Å². The molecule has 1 rings (SSSR count). The first-order valence-corrected chi connectivity index (χ1v) is 4.36.